The van der Waals surface area contributed by atoms with Crippen LogP contribution in [-0.4, -0.2) is 22.6 Å². The minimum atomic E-state index is 0.780. The molecule has 1 aliphatic heterocycles. The van der Waals surface area contributed by atoms with Crippen LogP contribution >= 0.6 is 0 Å². The normalized spacial score (nSPS) is 27.0. The average Bonchev–Trinajstić information content (AvgIpc) is 2.74. The molecular formula is C11H17N3. The maximum atomic E-state index is 4.27. The maximum absolute atomic E-state index is 4.27. The fourth-order valence-electron chi connectivity index (χ4n) is 2.36. The lowest BCUT2D eigenvalue weighted by Gasteiger charge is -2.10. The zero-order chi connectivity index (χ0) is 9.38. The lowest BCUT2D eigenvalue weighted by atomic mass is 10.0. The van der Waals surface area contributed by atoms with E-state index < -0.39 is 0 Å². The minimum Gasteiger partial charge on any atom is -0.332 e. The average molecular weight is 191 g/mol. The molecule has 2 aliphatic rings. The molecule has 1 aromatic heterocycles. The van der Waals surface area contributed by atoms with Gasteiger partial charge in [0.15, 0.2) is 0 Å². The largest absolute Gasteiger partial charge is 0.332 e. The van der Waals surface area contributed by atoms with Gasteiger partial charge in [-0.1, -0.05) is 0 Å². The molecule has 2 heterocycles. The van der Waals surface area contributed by atoms with Gasteiger partial charge >= 0.3 is 0 Å². The predicted molar refractivity (Wildman–Crippen MR) is 55.2 cm³/mol. The lowest BCUT2D eigenvalue weighted by Crippen LogP contribution is -2.12. The van der Waals surface area contributed by atoms with Gasteiger partial charge in [-0.3, -0.25) is 0 Å². The lowest BCUT2D eigenvalue weighted by molar-refractivity contribution is 0.547. The molecule has 1 aromatic rings. The van der Waals surface area contributed by atoms with E-state index in [2.05, 4.69) is 21.1 Å². The van der Waals surface area contributed by atoms with Gasteiger partial charge in [0.05, 0.1) is 6.33 Å². The zero-order valence-electron chi connectivity index (χ0n) is 8.45. The van der Waals surface area contributed by atoms with Crippen LogP contribution < -0.4 is 5.32 Å². The van der Waals surface area contributed by atoms with Gasteiger partial charge in [0, 0.05) is 17.9 Å². The van der Waals surface area contributed by atoms with Crippen molar-refractivity contribution in [2.75, 3.05) is 13.1 Å². The summed E-state index contributed by atoms with van der Waals surface area (Å²) in [4.78, 5) is 4.27. The van der Waals surface area contributed by atoms with Crippen LogP contribution in [0.15, 0.2) is 12.5 Å². The number of hydrogen-bond acceptors (Lipinski definition) is 2. The molecule has 14 heavy (non-hydrogen) atoms. The Morgan fingerprint density at radius 2 is 2.36 bits per heavy atom. The molecule has 1 N–H and O–H groups in total. The van der Waals surface area contributed by atoms with Crippen LogP contribution in [-0.2, 0) is 6.42 Å². The smallest absolute Gasteiger partial charge is 0.0950 e. The molecule has 2 fully saturated rings. The third-order valence-electron chi connectivity index (χ3n) is 3.35. The van der Waals surface area contributed by atoms with Gasteiger partial charge in [-0.05, 0) is 44.7 Å². The van der Waals surface area contributed by atoms with E-state index in [1.165, 1.54) is 44.5 Å². The Morgan fingerprint density at radius 1 is 1.43 bits per heavy atom. The summed E-state index contributed by atoms with van der Waals surface area (Å²) >= 11 is 0. The van der Waals surface area contributed by atoms with Gasteiger partial charge in [0.25, 0.3) is 0 Å². The summed E-state index contributed by atoms with van der Waals surface area (Å²) in [5.74, 6) is 0.837. The molecular weight excluding hydrogens is 174 g/mol. The molecule has 0 radical (unpaired) electrons. The molecule has 0 bridgehead atoms. The first-order valence-electron chi connectivity index (χ1n) is 5.65. The molecule has 1 atom stereocenters. The molecule has 3 rings (SSSR count). The Balaban J connectivity index is 1.71. The number of nitrogens with zero attached hydrogens (tertiary/aromatic N) is 2. The molecule has 3 nitrogen and oxygen atoms in total. The van der Waals surface area contributed by atoms with Crippen molar-refractivity contribution in [3.05, 3.63) is 18.2 Å². The van der Waals surface area contributed by atoms with E-state index in [9.17, 15) is 0 Å². The maximum Gasteiger partial charge on any atom is 0.0950 e. The highest BCUT2D eigenvalue weighted by molar-refractivity contribution is 5.05. The molecule has 0 amide bonds. The molecule has 1 saturated carbocycles. The summed E-state index contributed by atoms with van der Waals surface area (Å²) in [6.07, 6.45) is 9.31. The summed E-state index contributed by atoms with van der Waals surface area (Å²) in [6, 6.07) is 0.780. The predicted octanol–water partition coefficient (Wildman–Crippen LogP) is 1.37. The summed E-state index contributed by atoms with van der Waals surface area (Å²) in [7, 11) is 0. The number of hydrogen-bond donors (Lipinski definition) is 1. The molecule has 3 heteroatoms. The first-order chi connectivity index (χ1) is 6.93. The molecule has 1 unspecified atom stereocenters. The summed E-state index contributed by atoms with van der Waals surface area (Å²) in [5.41, 5.74) is 1.45. The first-order valence-corrected chi connectivity index (χ1v) is 5.65. The second-order valence-electron chi connectivity index (χ2n) is 4.59. The topological polar surface area (TPSA) is 29.9 Å². The Hall–Kier alpha value is -0.830. The van der Waals surface area contributed by atoms with Crippen molar-refractivity contribution in [3.63, 3.8) is 0 Å². The summed E-state index contributed by atoms with van der Waals surface area (Å²) < 4.78 is 2.39. The van der Waals surface area contributed by atoms with Crippen LogP contribution in [0.5, 0.6) is 0 Å². The third kappa shape index (κ3) is 1.57. The molecule has 1 saturated heterocycles. The SMILES string of the molecule is c1ncn(C2CC2)c1CC1CCNC1. The minimum absolute atomic E-state index is 0.780. The van der Waals surface area contributed by atoms with E-state index in [-0.39, 0.29) is 0 Å². The summed E-state index contributed by atoms with van der Waals surface area (Å²) in [5, 5.41) is 3.42. The van der Waals surface area contributed by atoms with Crippen LogP contribution in [0.3, 0.4) is 0 Å². The van der Waals surface area contributed by atoms with E-state index >= 15 is 0 Å². The van der Waals surface area contributed by atoms with E-state index in [1.54, 1.807) is 0 Å². The second kappa shape index (κ2) is 3.39. The van der Waals surface area contributed by atoms with Crippen LogP contribution in [0.25, 0.3) is 0 Å². The fourth-order valence-corrected chi connectivity index (χ4v) is 2.36. The van der Waals surface area contributed by atoms with Gasteiger partial charge in [0.2, 0.25) is 0 Å². The Morgan fingerprint density at radius 3 is 3.07 bits per heavy atom. The monoisotopic (exact) mass is 191 g/mol. The van der Waals surface area contributed by atoms with Crippen LogP contribution in [0, 0.1) is 5.92 Å². The zero-order valence-corrected chi connectivity index (χ0v) is 8.45. The highest BCUT2D eigenvalue weighted by Crippen LogP contribution is 2.36. The van der Waals surface area contributed by atoms with E-state index in [1.807, 2.05) is 6.33 Å². The Labute approximate surface area is 84.5 Å². The van der Waals surface area contributed by atoms with Crippen molar-refractivity contribution < 1.29 is 0 Å². The van der Waals surface area contributed by atoms with Crippen molar-refractivity contribution in [1.29, 1.82) is 0 Å². The van der Waals surface area contributed by atoms with E-state index in [0.717, 1.165) is 12.0 Å². The molecule has 76 valence electrons. The number of imidazole rings is 1. The van der Waals surface area contributed by atoms with Gasteiger partial charge < -0.3 is 9.88 Å². The van der Waals surface area contributed by atoms with Crippen molar-refractivity contribution in [3.8, 4) is 0 Å². The van der Waals surface area contributed by atoms with E-state index in [4.69, 9.17) is 0 Å². The van der Waals surface area contributed by atoms with Crippen molar-refractivity contribution >= 4 is 0 Å². The second-order valence-corrected chi connectivity index (χ2v) is 4.59. The van der Waals surface area contributed by atoms with Crippen molar-refractivity contribution in [1.82, 2.24) is 14.9 Å². The highest BCUT2D eigenvalue weighted by atomic mass is 15.1. The number of aromatic nitrogens is 2. The molecule has 0 spiro atoms. The van der Waals surface area contributed by atoms with Crippen molar-refractivity contribution in [2.45, 2.75) is 31.7 Å². The van der Waals surface area contributed by atoms with Gasteiger partial charge in [-0.15, -0.1) is 0 Å². The highest BCUT2D eigenvalue weighted by Gasteiger charge is 2.26. The standard InChI is InChI=1S/C11H17N3/c1-2-10(1)14-8-13-7-11(14)5-9-3-4-12-6-9/h7-10,12H,1-6H2. The Bertz CT molecular complexity index is 308. The van der Waals surface area contributed by atoms with Gasteiger partial charge in [0.1, 0.15) is 0 Å². The number of nitrogens with one attached hydrogen (secondary N) is 1. The van der Waals surface area contributed by atoms with Crippen LogP contribution in [0.4, 0.5) is 0 Å². The molecule has 1 aliphatic carbocycles. The fraction of sp³-hybridized carbons (Fsp3) is 0.727. The van der Waals surface area contributed by atoms with Crippen LogP contribution in [0.1, 0.15) is 31.0 Å². The van der Waals surface area contributed by atoms with Gasteiger partial charge in [-0.2, -0.15) is 0 Å². The van der Waals surface area contributed by atoms with Crippen molar-refractivity contribution in [2.24, 2.45) is 5.92 Å². The quantitative estimate of drug-likeness (QED) is 0.782. The Kier molecular flexibility index (Phi) is 2.05. The third-order valence-corrected chi connectivity index (χ3v) is 3.35. The van der Waals surface area contributed by atoms with E-state index in [0.29, 0.717) is 0 Å². The van der Waals surface area contributed by atoms with Gasteiger partial charge in [-0.25, -0.2) is 4.98 Å². The first kappa shape index (κ1) is 8.48. The number of rotatable bonds is 3. The van der Waals surface area contributed by atoms with Crippen LogP contribution in [0.2, 0.25) is 0 Å². The summed E-state index contributed by atoms with van der Waals surface area (Å²) in [6.45, 7) is 2.39. The molecule has 0 aromatic carbocycles.